The van der Waals surface area contributed by atoms with Crippen molar-refractivity contribution in [2.75, 3.05) is 13.2 Å². The second-order valence-electron chi connectivity index (χ2n) is 8.81. The fourth-order valence-electron chi connectivity index (χ4n) is 3.09. The zero-order valence-corrected chi connectivity index (χ0v) is 20.5. The minimum absolute atomic E-state index is 0.0350. The number of hydrogen-bond donors (Lipinski definition) is 4. The Balaban J connectivity index is 2.65. The number of esters is 2. The van der Waals surface area contributed by atoms with Crippen LogP contribution in [0.5, 0.6) is 0 Å². The summed E-state index contributed by atoms with van der Waals surface area (Å²) in [6.07, 6.45) is -0.615. The van der Waals surface area contributed by atoms with Crippen LogP contribution in [-0.4, -0.2) is 80.6 Å². The molecule has 1 aromatic rings. The smallest absolute Gasteiger partial charge is 0.339 e. The van der Waals surface area contributed by atoms with Gasteiger partial charge >= 0.3 is 11.9 Å². The van der Waals surface area contributed by atoms with Crippen LogP contribution in [0.1, 0.15) is 60.2 Å². The summed E-state index contributed by atoms with van der Waals surface area (Å²) >= 11 is 0. The molecule has 0 aliphatic heterocycles. The molecule has 198 valence electrons. The Morgan fingerprint density at radius 2 is 1.14 bits per heavy atom. The number of aliphatic hydroxyl groups is 4. The van der Waals surface area contributed by atoms with E-state index in [9.17, 15) is 39.6 Å². The molecule has 4 atom stereocenters. The van der Waals surface area contributed by atoms with Crippen LogP contribution in [0.2, 0.25) is 0 Å². The van der Waals surface area contributed by atoms with Crippen LogP contribution in [0.4, 0.5) is 0 Å². The minimum Gasteiger partial charge on any atom is -0.459 e. The number of ether oxygens (including phenoxy) is 2. The molecule has 10 heteroatoms. The minimum atomic E-state index is -1.70. The van der Waals surface area contributed by atoms with Crippen molar-refractivity contribution >= 4 is 23.5 Å². The lowest BCUT2D eigenvalue weighted by atomic mass is 9.93. The molecular weight excluding hydrogens is 472 g/mol. The van der Waals surface area contributed by atoms with Crippen LogP contribution < -0.4 is 0 Å². The molecule has 4 N–H and O–H groups in total. The Bertz CT molecular complexity index is 886. The topological polar surface area (TPSA) is 168 Å². The lowest BCUT2D eigenvalue weighted by molar-refractivity contribution is -0.132. The van der Waals surface area contributed by atoms with Crippen molar-refractivity contribution in [2.45, 2.75) is 62.9 Å². The van der Waals surface area contributed by atoms with E-state index in [4.69, 9.17) is 9.47 Å². The second-order valence-corrected chi connectivity index (χ2v) is 8.81. The maximum Gasteiger partial charge on any atom is 0.339 e. The fourth-order valence-corrected chi connectivity index (χ4v) is 3.09. The van der Waals surface area contributed by atoms with Gasteiger partial charge in [0.05, 0.1) is 23.3 Å². The SMILES string of the molecule is C=CC(=O)C(C)(O)CCC(O)COC(=O)c1ccccc1C(=O)OCC(O)CCC(C)(O)C(=O)C=C. The molecule has 1 aromatic carbocycles. The first kappa shape index (κ1) is 30.9. The third-order valence-electron chi connectivity index (χ3n) is 5.54. The normalized spacial score (nSPS) is 15.9. The number of benzene rings is 1. The zero-order valence-electron chi connectivity index (χ0n) is 20.5. The molecule has 0 saturated heterocycles. The summed E-state index contributed by atoms with van der Waals surface area (Å²) in [5.74, 6) is -3.01. The van der Waals surface area contributed by atoms with Crippen molar-refractivity contribution in [2.24, 2.45) is 0 Å². The molecule has 0 saturated carbocycles. The van der Waals surface area contributed by atoms with Crippen LogP contribution in [-0.2, 0) is 19.1 Å². The summed E-state index contributed by atoms with van der Waals surface area (Å²) < 4.78 is 10.1. The molecule has 0 radical (unpaired) electrons. The Morgan fingerprint density at radius 1 is 0.806 bits per heavy atom. The maximum absolute atomic E-state index is 12.5. The van der Waals surface area contributed by atoms with E-state index in [2.05, 4.69) is 13.2 Å². The van der Waals surface area contributed by atoms with Crippen molar-refractivity contribution in [1.82, 2.24) is 0 Å². The average Bonchev–Trinajstić information content (AvgIpc) is 2.86. The molecule has 0 amide bonds. The van der Waals surface area contributed by atoms with E-state index in [0.717, 1.165) is 12.2 Å². The van der Waals surface area contributed by atoms with Gasteiger partial charge in [-0.2, -0.15) is 0 Å². The number of ketones is 2. The summed E-state index contributed by atoms with van der Waals surface area (Å²) in [4.78, 5) is 48.2. The summed E-state index contributed by atoms with van der Waals surface area (Å²) in [5, 5.41) is 40.2. The van der Waals surface area contributed by atoms with Gasteiger partial charge in [0.15, 0.2) is 11.6 Å². The maximum atomic E-state index is 12.5. The van der Waals surface area contributed by atoms with Gasteiger partial charge in [-0.3, -0.25) is 9.59 Å². The van der Waals surface area contributed by atoms with Crippen LogP contribution >= 0.6 is 0 Å². The Morgan fingerprint density at radius 3 is 1.44 bits per heavy atom. The summed E-state index contributed by atoms with van der Waals surface area (Å²) in [7, 11) is 0. The number of rotatable bonds is 16. The van der Waals surface area contributed by atoms with Crippen LogP contribution in [0, 0.1) is 0 Å². The fraction of sp³-hybridized carbons (Fsp3) is 0.462. The quantitative estimate of drug-likeness (QED) is 0.189. The third-order valence-corrected chi connectivity index (χ3v) is 5.54. The van der Waals surface area contributed by atoms with E-state index in [1.807, 2.05) is 0 Å². The molecular formula is C26H34O10. The third kappa shape index (κ3) is 9.46. The molecule has 10 nitrogen and oxygen atoms in total. The number of aliphatic hydroxyl groups excluding tert-OH is 2. The van der Waals surface area contributed by atoms with Crippen LogP contribution in [0.25, 0.3) is 0 Å². The predicted octanol–water partition coefficient (Wildman–Crippen LogP) is 1.29. The number of carbonyl (C=O) groups excluding carboxylic acids is 4. The molecule has 0 heterocycles. The van der Waals surface area contributed by atoms with Gasteiger partial charge in [-0.25, -0.2) is 9.59 Å². The van der Waals surface area contributed by atoms with Gasteiger partial charge in [0, 0.05) is 0 Å². The molecule has 0 aliphatic carbocycles. The van der Waals surface area contributed by atoms with Crippen LogP contribution in [0.3, 0.4) is 0 Å². The Kier molecular flexibility index (Phi) is 11.8. The van der Waals surface area contributed by atoms with Crippen molar-refractivity contribution in [3.63, 3.8) is 0 Å². The Labute approximate surface area is 209 Å². The van der Waals surface area contributed by atoms with Gasteiger partial charge in [-0.1, -0.05) is 25.3 Å². The molecule has 0 spiro atoms. The summed E-state index contributed by atoms with van der Waals surface area (Å²) in [6.45, 7) is 8.30. The molecule has 0 bridgehead atoms. The first-order valence-corrected chi connectivity index (χ1v) is 11.3. The first-order valence-electron chi connectivity index (χ1n) is 11.3. The first-order chi connectivity index (χ1) is 16.7. The van der Waals surface area contributed by atoms with Gasteiger partial charge in [-0.15, -0.1) is 0 Å². The summed E-state index contributed by atoms with van der Waals surface area (Å²) in [5.41, 5.74) is -3.66. The lowest BCUT2D eigenvalue weighted by Crippen LogP contribution is -2.35. The van der Waals surface area contributed by atoms with Crippen LogP contribution in [0.15, 0.2) is 49.6 Å². The predicted molar refractivity (Wildman–Crippen MR) is 129 cm³/mol. The highest BCUT2D eigenvalue weighted by Crippen LogP contribution is 2.18. The number of carbonyl (C=O) groups is 4. The molecule has 4 unspecified atom stereocenters. The van der Waals surface area contributed by atoms with E-state index in [-0.39, 0.29) is 36.8 Å². The Hall–Kier alpha value is -3.18. The summed E-state index contributed by atoms with van der Waals surface area (Å²) in [6, 6.07) is 5.64. The standard InChI is InChI=1S/C26H34O10/c1-5-21(29)25(3,33)13-11-17(27)15-35-23(31)19-9-7-8-10-20(19)24(32)36-16-18(28)12-14-26(4,34)22(30)6-2/h5-10,17-18,27-28,33-34H,1-2,11-16H2,3-4H3. The molecule has 0 aliphatic rings. The van der Waals surface area contributed by atoms with E-state index < -0.39 is 60.1 Å². The van der Waals surface area contributed by atoms with Gasteiger partial charge in [0.1, 0.15) is 24.4 Å². The van der Waals surface area contributed by atoms with Gasteiger partial charge < -0.3 is 29.9 Å². The van der Waals surface area contributed by atoms with Crippen molar-refractivity contribution in [3.8, 4) is 0 Å². The molecule has 36 heavy (non-hydrogen) atoms. The highest BCUT2D eigenvalue weighted by Gasteiger charge is 2.30. The van der Waals surface area contributed by atoms with E-state index >= 15 is 0 Å². The average molecular weight is 507 g/mol. The molecule has 0 fully saturated rings. The van der Waals surface area contributed by atoms with Gasteiger partial charge in [0.2, 0.25) is 0 Å². The largest absolute Gasteiger partial charge is 0.459 e. The van der Waals surface area contributed by atoms with E-state index in [0.29, 0.717) is 0 Å². The molecule has 1 rings (SSSR count). The van der Waals surface area contributed by atoms with E-state index in [1.54, 1.807) is 0 Å². The highest BCUT2D eigenvalue weighted by molar-refractivity contribution is 6.03. The highest BCUT2D eigenvalue weighted by atomic mass is 16.5. The van der Waals surface area contributed by atoms with Gasteiger partial charge in [-0.05, 0) is 63.8 Å². The van der Waals surface area contributed by atoms with Crippen molar-refractivity contribution < 1.29 is 49.1 Å². The monoisotopic (exact) mass is 506 g/mol. The number of hydrogen-bond acceptors (Lipinski definition) is 10. The zero-order chi connectivity index (χ0) is 27.5. The van der Waals surface area contributed by atoms with Crippen molar-refractivity contribution in [3.05, 3.63) is 60.7 Å². The lowest BCUT2D eigenvalue weighted by Gasteiger charge is -2.21. The van der Waals surface area contributed by atoms with E-state index in [1.165, 1.54) is 38.1 Å². The second kappa shape index (κ2) is 13.8. The van der Waals surface area contributed by atoms with Gasteiger partial charge in [0.25, 0.3) is 0 Å². The van der Waals surface area contributed by atoms with Crippen molar-refractivity contribution in [1.29, 1.82) is 0 Å². The molecule has 0 aromatic heterocycles.